The van der Waals surface area contributed by atoms with Crippen molar-refractivity contribution in [2.24, 2.45) is 5.92 Å². The summed E-state index contributed by atoms with van der Waals surface area (Å²) in [5, 5.41) is 9.28. The molecule has 26 heavy (non-hydrogen) atoms. The van der Waals surface area contributed by atoms with Gasteiger partial charge in [0.2, 0.25) is 0 Å². The molecule has 3 aromatic rings. The summed E-state index contributed by atoms with van der Waals surface area (Å²) in [6.07, 6.45) is 3.85. The van der Waals surface area contributed by atoms with E-state index in [9.17, 15) is 0 Å². The minimum absolute atomic E-state index is 0.545. The van der Waals surface area contributed by atoms with Crippen molar-refractivity contribution in [1.29, 1.82) is 0 Å². The largest absolute Gasteiger partial charge is 0.300 e. The van der Waals surface area contributed by atoms with Crippen molar-refractivity contribution in [2.45, 2.75) is 45.4 Å². The molecule has 4 nitrogen and oxygen atoms in total. The maximum atomic E-state index is 5.78. The Balaban J connectivity index is 1.49. The molecule has 1 fully saturated rings. The van der Waals surface area contributed by atoms with Crippen LogP contribution in [0.3, 0.4) is 0 Å². The third kappa shape index (κ3) is 2.81. The highest BCUT2D eigenvalue weighted by molar-refractivity contribution is 7.71. The summed E-state index contributed by atoms with van der Waals surface area (Å²) >= 11 is 9.43. The van der Waals surface area contributed by atoms with E-state index < -0.39 is 0 Å². The van der Waals surface area contributed by atoms with Crippen LogP contribution < -0.4 is 0 Å². The Morgan fingerprint density at radius 3 is 2.85 bits per heavy atom. The molecule has 0 bridgehead atoms. The molecule has 0 unspecified atom stereocenters. The van der Waals surface area contributed by atoms with Gasteiger partial charge in [0.15, 0.2) is 10.6 Å². The maximum absolute atomic E-state index is 5.78. The van der Waals surface area contributed by atoms with Crippen molar-refractivity contribution in [3.63, 3.8) is 0 Å². The van der Waals surface area contributed by atoms with E-state index in [4.69, 9.17) is 17.3 Å². The van der Waals surface area contributed by atoms with Gasteiger partial charge in [-0.25, -0.2) is 4.68 Å². The van der Waals surface area contributed by atoms with Crippen LogP contribution in [0.2, 0.25) is 0 Å². The highest BCUT2D eigenvalue weighted by Gasteiger charge is 2.40. The summed E-state index contributed by atoms with van der Waals surface area (Å²) < 4.78 is 5.04. The highest BCUT2D eigenvalue weighted by Crippen LogP contribution is 2.48. The molecule has 4 heterocycles. The van der Waals surface area contributed by atoms with E-state index in [1.54, 1.807) is 21.8 Å². The molecule has 0 saturated heterocycles. The quantitative estimate of drug-likeness (QED) is 0.549. The predicted octanol–water partition coefficient (Wildman–Crippen LogP) is 5.19. The van der Waals surface area contributed by atoms with Crippen molar-refractivity contribution >= 4 is 34.9 Å². The number of aromatic nitrogens is 3. The van der Waals surface area contributed by atoms with Gasteiger partial charge in [0.1, 0.15) is 0 Å². The fourth-order valence-corrected chi connectivity index (χ4v) is 6.04. The minimum atomic E-state index is 0.545. The lowest BCUT2D eigenvalue weighted by molar-refractivity contribution is 0.117. The predicted molar refractivity (Wildman–Crippen MR) is 110 cm³/mol. The second-order valence-electron chi connectivity index (χ2n) is 7.11. The third-order valence-electron chi connectivity index (χ3n) is 5.48. The molecule has 0 N–H and O–H groups in total. The summed E-state index contributed by atoms with van der Waals surface area (Å²) in [6.45, 7) is 4.89. The van der Waals surface area contributed by atoms with Gasteiger partial charge in [-0.15, -0.1) is 27.8 Å². The standard InChI is InChI=1S/C19H22N4S3/c1-2-22-18(16-4-3-10-25-16)20-23(19(22)24)12-21-9-7-15-14(8-11-26-15)17(21)13-5-6-13/h3-4,8,10-11,13,17H,2,5-7,9,12H2,1H3/t17-/m0/s1. The molecule has 0 radical (unpaired) electrons. The van der Waals surface area contributed by atoms with Crippen molar-refractivity contribution in [2.75, 3.05) is 6.54 Å². The molecule has 7 heteroatoms. The van der Waals surface area contributed by atoms with Crippen LogP contribution in [0, 0.1) is 10.7 Å². The normalized spacial score (nSPS) is 20.4. The van der Waals surface area contributed by atoms with Gasteiger partial charge in [0, 0.05) is 24.0 Å². The molecule has 5 rings (SSSR count). The first kappa shape index (κ1) is 16.9. The van der Waals surface area contributed by atoms with E-state index in [2.05, 4.69) is 45.3 Å². The zero-order chi connectivity index (χ0) is 17.7. The van der Waals surface area contributed by atoms with Crippen LogP contribution in [0.4, 0.5) is 0 Å². The van der Waals surface area contributed by atoms with Crippen molar-refractivity contribution in [3.8, 4) is 10.7 Å². The van der Waals surface area contributed by atoms with Gasteiger partial charge in [-0.2, -0.15) is 0 Å². The smallest absolute Gasteiger partial charge is 0.199 e. The van der Waals surface area contributed by atoms with Gasteiger partial charge < -0.3 is 0 Å². The number of rotatable bonds is 5. The lowest BCUT2D eigenvalue weighted by atomic mass is 9.96. The zero-order valence-electron chi connectivity index (χ0n) is 14.8. The molecule has 0 spiro atoms. The molecule has 1 saturated carbocycles. The Hall–Kier alpha value is -1.28. The summed E-state index contributed by atoms with van der Waals surface area (Å²) in [5.74, 6) is 1.81. The van der Waals surface area contributed by atoms with Gasteiger partial charge in [-0.1, -0.05) is 6.07 Å². The Morgan fingerprint density at radius 1 is 1.23 bits per heavy atom. The van der Waals surface area contributed by atoms with Gasteiger partial charge in [-0.05, 0) is 72.8 Å². The fraction of sp³-hybridized carbons (Fsp3) is 0.474. The number of nitrogens with zero attached hydrogens (tertiary/aromatic N) is 4. The van der Waals surface area contributed by atoms with Crippen LogP contribution in [0.25, 0.3) is 10.7 Å². The molecule has 3 aromatic heterocycles. The highest BCUT2D eigenvalue weighted by atomic mass is 32.1. The molecular formula is C19H22N4S3. The van der Waals surface area contributed by atoms with E-state index >= 15 is 0 Å². The maximum Gasteiger partial charge on any atom is 0.199 e. The van der Waals surface area contributed by atoms with E-state index in [1.165, 1.54) is 17.7 Å². The molecule has 0 amide bonds. The number of hydrogen-bond acceptors (Lipinski definition) is 5. The summed E-state index contributed by atoms with van der Waals surface area (Å²) in [6, 6.07) is 7.09. The third-order valence-corrected chi connectivity index (χ3v) is 7.78. The second-order valence-corrected chi connectivity index (χ2v) is 9.43. The summed E-state index contributed by atoms with van der Waals surface area (Å²) in [4.78, 5) is 5.38. The average molecular weight is 403 g/mol. The Kier molecular flexibility index (Phi) is 4.35. The van der Waals surface area contributed by atoms with Crippen LogP contribution in [-0.2, 0) is 19.6 Å². The topological polar surface area (TPSA) is 26.0 Å². The molecule has 2 aliphatic rings. The van der Waals surface area contributed by atoms with Gasteiger partial charge >= 0.3 is 0 Å². The lowest BCUT2D eigenvalue weighted by Gasteiger charge is -2.35. The van der Waals surface area contributed by atoms with Crippen molar-refractivity contribution in [1.82, 2.24) is 19.2 Å². The number of fused-ring (bicyclic) bond motifs is 1. The summed E-state index contributed by atoms with van der Waals surface area (Å²) in [7, 11) is 0. The molecule has 1 aliphatic heterocycles. The van der Waals surface area contributed by atoms with E-state index in [0.717, 1.165) is 42.7 Å². The average Bonchev–Trinajstić information content (AvgIpc) is 3.05. The van der Waals surface area contributed by atoms with Crippen LogP contribution in [0.5, 0.6) is 0 Å². The Bertz CT molecular complexity index is 961. The van der Waals surface area contributed by atoms with Gasteiger partial charge in [0.05, 0.1) is 11.5 Å². The van der Waals surface area contributed by atoms with Gasteiger partial charge in [0.25, 0.3) is 0 Å². The van der Waals surface area contributed by atoms with E-state index in [0.29, 0.717) is 6.04 Å². The Labute approximate surface area is 166 Å². The first-order chi connectivity index (χ1) is 12.8. The number of thiophene rings is 2. The lowest BCUT2D eigenvalue weighted by Crippen LogP contribution is -2.37. The number of hydrogen-bond donors (Lipinski definition) is 0. The first-order valence-corrected chi connectivity index (χ1v) is 11.4. The summed E-state index contributed by atoms with van der Waals surface area (Å²) in [5.41, 5.74) is 1.56. The van der Waals surface area contributed by atoms with Crippen LogP contribution in [0.1, 0.15) is 36.2 Å². The second kappa shape index (κ2) is 6.71. The molecule has 1 atom stereocenters. The van der Waals surface area contributed by atoms with E-state index in [1.807, 2.05) is 16.0 Å². The molecule has 1 aliphatic carbocycles. The monoisotopic (exact) mass is 402 g/mol. The van der Waals surface area contributed by atoms with Crippen LogP contribution in [-0.4, -0.2) is 25.8 Å². The fourth-order valence-electron chi connectivity index (χ4n) is 4.10. The first-order valence-electron chi connectivity index (χ1n) is 9.28. The SMILES string of the molecule is CCn1c(-c2cccs2)nn(CN2CCc3sccc3[C@@H]2C2CC2)c1=S. The van der Waals surface area contributed by atoms with Crippen molar-refractivity contribution in [3.05, 3.63) is 44.2 Å². The minimum Gasteiger partial charge on any atom is -0.300 e. The molecule has 136 valence electrons. The zero-order valence-corrected chi connectivity index (χ0v) is 17.2. The van der Waals surface area contributed by atoms with E-state index in [-0.39, 0.29) is 0 Å². The molecule has 0 aromatic carbocycles. The molecular weight excluding hydrogens is 380 g/mol. The Morgan fingerprint density at radius 2 is 2.12 bits per heavy atom. The van der Waals surface area contributed by atoms with Gasteiger partial charge in [-0.3, -0.25) is 9.47 Å². The van der Waals surface area contributed by atoms with Crippen molar-refractivity contribution < 1.29 is 0 Å². The van der Waals surface area contributed by atoms with Crippen LogP contribution >= 0.6 is 34.9 Å². The van der Waals surface area contributed by atoms with Crippen LogP contribution in [0.15, 0.2) is 29.0 Å².